The lowest BCUT2D eigenvalue weighted by Gasteiger charge is -2.37. The fourth-order valence-electron chi connectivity index (χ4n) is 1.89. The molecule has 16 heavy (non-hydrogen) atoms. The van der Waals surface area contributed by atoms with Crippen LogP contribution in [0.4, 0.5) is 0 Å². The van der Waals surface area contributed by atoms with Crippen LogP contribution in [-0.4, -0.2) is 55.8 Å². The average Bonchev–Trinajstić information content (AvgIpc) is 2.09. The van der Waals surface area contributed by atoms with Crippen molar-refractivity contribution in [3.8, 4) is 0 Å². The Labute approximate surface area is 94.9 Å². The Bertz CT molecular complexity index is 404. The molecular formula is C9H16N2O4S. The summed E-state index contributed by atoms with van der Waals surface area (Å²) in [5.74, 6) is -0.626. The smallest absolute Gasteiger partial charge is 0.242 e. The predicted octanol–water partition coefficient (Wildman–Crippen LogP) is -1.23. The molecular weight excluding hydrogens is 232 g/mol. The number of hydrogen-bond acceptors (Lipinski definition) is 4. The lowest BCUT2D eigenvalue weighted by Crippen LogP contribution is -2.60. The van der Waals surface area contributed by atoms with E-state index in [0.29, 0.717) is 0 Å². The van der Waals surface area contributed by atoms with Gasteiger partial charge in [0.15, 0.2) is 0 Å². The van der Waals surface area contributed by atoms with Gasteiger partial charge in [-0.1, -0.05) is 0 Å². The zero-order chi connectivity index (χ0) is 12.5. The molecule has 2 atom stereocenters. The van der Waals surface area contributed by atoms with E-state index in [1.54, 1.807) is 13.8 Å². The summed E-state index contributed by atoms with van der Waals surface area (Å²) in [5.41, 5.74) is 0. The van der Waals surface area contributed by atoms with E-state index in [-0.39, 0.29) is 24.1 Å². The van der Waals surface area contributed by atoms with E-state index in [1.165, 1.54) is 4.90 Å². The van der Waals surface area contributed by atoms with Crippen molar-refractivity contribution >= 4 is 21.7 Å². The first-order valence-corrected chi connectivity index (χ1v) is 7.05. The molecule has 1 aliphatic heterocycles. The first-order valence-electron chi connectivity index (χ1n) is 4.99. The molecule has 0 aromatic heterocycles. The van der Waals surface area contributed by atoms with Gasteiger partial charge in [0.1, 0.15) is 15.9 Å². The summed E-state index contributed by atoms with van der Waals surface area (Å²) in [4.78, 5) is 24.3. The lowest BCUT2D eigenvalue weighted by atomic mass is 10.1. The molecule has 1 aliphatic rings. The first-order chi connectivity index (χ1) is 7.22. The number of amides is 2. The highest BCUT2D eigenvalue weighted by atomic mass is 32.2. The van der Waals surface area contributed by atoms with Crippen molar-refractivity contribution in [1.82, 2.24) is 10.2 Å². The maximum absolute atomic E-state index is 11.6. The van der Waals surface area contributed by atoms with Crippen molar-refractivity contribution < 1.29 is 18.0 Å². The molecule has 2 amide bonds. The molecule has 1 N–H and O–H groups in total. The molecule has 2 unspecified atom stereocenters. The number of piperazine rings is 1. The largest absolute Gasteiger partial charge is 0.345 e. The van der Waals surface area contributed by atoms with Gasteiger partial charge in [0.2, 0.25) is 11.8 Å². The minimum Gasteiger partial charge on any atom is -0.345 e. The Morgan fingerprint density at radius 2 is 2.06 bits per heavy atom. The van der Waals surface area contributed by atoms with Gasteiger partial charge >= 0.3 is 0 Å². The van der Waals surface area contributed by atoms with Gasteiger partial charge in [-0.25, -0.2) is 8.42 Å². The highest BCUT2D eigenvalue weighted by Crippen LogP contribution is 2.11. The van der Waals surface area contributed by atoms with Crippen molar-refractivity contribution in [3.05, 3.63) is 0 Å². The van der Waals surface area contributed by atoms with Crippen LogP contribution in [0.25, 0.3) is 0 Å². The number of nitrogens with one attached hydrogen (secondary N) is 1. The van der Waals surface area contributed by atoms with Gasteiger partial charge in [0, 0.05) is 12.3 Å². The molecule has 6 nitrogen and oxygen atoms in total. The van der Waals surface area contributed by atoms with Crippen molar-refractivity contribution in [3.63, 3.8) is 0 Å². The lowest BCUT2D eigenvalue weighted by molar-refractivity contribution is -0.146. The minimum atomic E-state index is -3.16. The van der Waals surface area contributed by atoms with Crippen LogP contribution in [-0.2, 0) is 19.4 Å². The van der Waals surface area contributed by atoms with Crippen LogP contribution in [0.2, 0.25) is 0 Å². The maximum Gasteiger partial charge on any atom is 0.242 e. The van der Waals surface area contributed by atoms with Crippen molar-refractivity contribution in [2.24, 2.45) is 0 Å². The zero-order valence-electron chi connectivity index (χ0n) is 9.56. The van der Waals surface area contributed by atoms with Gasteiger partial charge in [-0.2, -0.15) is 0 Å². The first kappa shape index (κ1) is 13.0. The van der Waals surface area contributed by atoms with Gasteiger partial charge in [-0.15, -0.1) is 0 Å². The standard InChI is InChI=1S/C9H16N2O4S/c1-6(5-16(3,14)15)11-7(2)9(13)10-4-8(11)12/h6-7H,4-5H2,1-3H3,(H,10,13). The molecule has 0 radical (unpaired) electrons. The Morgan fingerprint density at radius 3 is 2.56 bits per heavy atom. The van der Waals surface area contributed by atoms with Gasteiger partial charge in [0.05, 0.1) is 12.3 Å². The van der Waals surface area contributed by atoms with E-state index >= 15 is 0 Å². The molecule has 0 saturated carbocycles. The fourth-order valence-corrected chi connectivity index (χ4v) is 2.93. The summed E-state index contributed by atoms with van der Waals surface area (Å²) in [5, 5.41) is 2.45. The zero-order valence-corrected chi connectivity index (χ0v) is 10.4. The van der Waals surface area contributed by atoms with Crippen LogP contribution in [0.1, 0.15) is 13.8 Å². The molecule has 1 rings (SSSR count). The fraction of sp³-hybridized carbons (Fsp3) is 0.778. The van der Waals surface area contributed by atoms with E-state index < -0.39 is 21.9 Å². The van der Waals surface area contributed by atoms with Crippen molar-refractivity contribution in [2.45, 2.75) is 25.9 Å². The van der Waals surface area contributed by atoms with Crippen LogP contribution in [0.15, 0.2) is 0 Å². The number of carbonyl (C=O) groups is 2. The Kier molecular flexibility index (Phi) is 3.57. The van der Waals surface area contributed by atoms with Crippen LogP contribution in [0, 0.1) is 0 Å². The second kappa shape index (κ2) is 4.40. The quantitative estimate of drug-likeness (QED) is 0.677. The van der Waals surface area contributed by atoms with Gasteiger partial charge in [-0.3, -0.25) is 9.59 Å². The second-order valence-electron chi connectivity index (χ2n) is 4.14. The number of nitrogens with zero attached hydrogens (tertiary/aromatic N) is 1. The SMILES string of the molecule is CC(CS(C)(=O)=O)N1C(=O)CNC(=O)C1C. The van der Waals surface area contributed by atoms with Crippen LogP contribution < -0.4 is 5.32 Å². The van der Waals surface area contributed by atoms with E-state index in [9.17, 15) is 18.0 Å². The third kappa shape index (κ3) is 2.94. The van der Waals surface area contributed by atoms with E-state index in [4.69, 9.17) is 0 Å². The van der Waals surface area contributed by atoms with Crippen LogP contribution in [0.5, 0.6) is 0 Å². The molecule has 0 bridgehead atoms. The molecule has 0 aromatic carbocycles. The summed E-state index contributed by atoms with van der Waals surface area (Å²) < 4.78 is 22.3. The highest BCUT2D eigenvalue weighted by Gasteiger charge is 2.35. The Hall–Kier alpha value is -1.11. The summed E-state index contributed by atoms with van der Waals surface area (Å²) in [6, 6.07) is -1.10. The van der Waals surface area contributed by atoms with Gasteiger partial charge in [0.25, 0.3) is 0 Å². The Balaban J connectivity index is 2.83. The third-order valence-electron chi connectivity index (χ3n) is 2.52. The Morgan fingerprint density at radius 1 is 1.50 bits per heavy atom. The van der Waals surface area contributed by atoms with E-state index in [0.717, 1.165) is 6.26 Å². The van der Waals surface area contributed by atoms with E-state index in [1.807, 2.05) is 0 Å². The molecule has 0 spiro atoms. The number of carbonyl (C=O) groups excluding carboxylic acids is 2. The monoisotopic (exact) mass is 248 g/mol. The molecule has 1 fully saturated rings. The maximum atomic E-state index is 11.6. The van der Waals surface area contributed by atoms with Crippen LogP contribution in [0.3, 0.4) is 0 Å². The third-order valence-corrected chi connectivity index (χ3v) is 3.61. The summed E-state index contributed by atoms with van der Waals surface area (Å²) in [7, 11) is -3.16. The normalized spacial score (nSPS) is 24.2. The minimum absolute atomic E-state index is 0.0583. The molecule has 1 heterocycles. The van der Waals surface area contributed by atoms with Gasteiger partial charge in [-0.05, 0) is 13.8 Å². The molecule has 1 saturated heterocycles. The topological polar surface area (TPSA) is 83.6 Å². The predicted molar refractivity (Wildman–Crippen MR) is 58.5 cm³/mol. The number of sulfone groups is 1. The van der Waals surface area contributed by atoms with Crippen LogP contribution >= 0.6 is 0 Å². The summed E-state index contributed by atoms with van der Waals surface area (Å²) >= 11 is 0. The summed E-state index contributed by atoms with van der Waals surface area (Å²) in [6.45, 7) is 3.16. The van der Waals surface area contributed by atoms with E-state index in [2.05, 4.69) is 5.32 Å². The van der Waals surface area contributed by atoms with Gasteiger partial charge < -0.3 is 10.2 Å². The number of hydrogen-bond donors (Lipinski definition) is 1. The molecule has 92 valence electrons. The number of rotatable bonds is 3. The highest BCUT2D eigenvalue weighted by molar-refractivity contribution is 7.90. The summed E-state index contributed by atoms with van der Waals surface area (Å²) in [6.07, 6.45) is 1.11. The average molecular weight is 248 g/mol. The second-order valence-corrected chi connectivity index (χ2v) is 6.32. The van der Waals surface area contributed by atoms with Crippen molar-refractivity contribution in [2.75, 3.05) is 18.6 Å². The molecule has 7 heteroatoms. The molecule has 0 aliphatic carbocycles. The molecule has 0 aromatic rings. The van der Waals surface area contributed by atoms with Crippen molar-refractivity contribution in [1.29, 1.82) is 0 Å².